The number of nitrogens with two attached hydrogens (primary N) is 1. The van der Waals surface area contributed by atoms with Gasteiger partial charge in [0, 0.05) is 5.56 Å². The molecule has 1 aromatic rings. The van der Waals surface area contributed by atoms with Crippen molar-refractivity contribution in [1.82, 2.24) is 0 Å². The van der Waals surface area contributed by atoms with E-state index >= 15 is 0 Å². The van der Waals surface area contributed by atoms with E-state index < -0.39 is 0 Å². The van der Waals surface area contributed by atoms with E-state index in [1.165, 1.54) is 0 Å². The smallest absolute Gasteiger partial charge is 0.131 e. The molecule has 13 heavy (non-hydrogen) atoms. The largest absolute Gasteiger partial charge is 0.398 e. The fourth-order valence-corrected chi connectivity index (χ4v) is 0.980. The quantitative estimate of drug-likeness (QED) is 0.420. The zero-order chi connectivity index (χ0) is 9.68. The lowest BCUT2D eigenvalue weighted by molar-refractivity contribution is -0.107. The van der Waals surface area contributed by atoms with Crippen molar-refractivity contribution in [2.24, 2.45) is 0 Å². The number of halogens is 1. The van der Waals surface area contributed by atoms with Crippen molar-refractivity contribution < 1.29 is 4.79 Å². The standard InChI is InChI=1S/C10H8ClNO/c11-9-7-8(3-1-2-6-13)4-5-10(9)12/h4-7H,2,12H2. The van der Waals surface area contributed by atoms with Crippen LogP contribution in [0.1, 0.15) is 12.0 Å². The molecule has 0 heterocycles. The first kappa shape index (κ1) is 9.63. The zero-order valence-corrected chi connectivity index (χ0v) is 7.64. The number of anilines is 1. The van der Waals surface area contributed by atoms with Crippen molar-refractivity contribution in [3.63, 3.8) is 0 Å². The first-order valence-corrected chi connectivity index (χ1v) is 4.09. The van der Waals surface area contributed by atoms with Crippen LogP contribution >= 0.6 is 11.6 Å². The van der Waals surface area contributed by atoms with Crippen LogP contribution in [0.3, 0.4) is 0 Å². The van der Waals surface area contributed by atoms with Crippen LogP contribution < -0.4 is 5.73 Å². The van der Waals surface area contributed by atoms with E-state index in [9.17, 15) is 4.79 Å². The highest BCUT2D eigenvalue weighted by atomic mass is 35.5. The summed E-state index contributed by atoms with van der Waals surface area (Å²) in [4.78, 5) is 9.97. The van der Waals surface area contributed by atoms with Gasteiger partial charge in [-0.15, -0.1) is 0 Å². The molecule has 0 aliphatic carbocycles. The van der Waals surface area contributed by atoms with Crippen LogP contribution in [0, 0.1) is 11.8 Å². The van der Waals surface area contributed by atoms with Crippen LogP contribution in [0.15, 0.2) is 18.2 Å². The van der Waals surface area contributed by atoms with Gasteiger partial charge in [0.05, 0.1) is 17.1 Å². The Labute approximate surface area is 81.7 Å². The molecule has 2 nitrogen and oxygen atoms in total. The molecule has 0 saturated carbocycles. The second-order valence-corrected chi connectivity index (χ2v) is 2.82. The molecule has 0 aliphatic heterocycles. The van der Waals surface area contributed by atoms with Gasteiger partial charge in [-0.3, -0.25) is 0 Å². The SMILES string of the molecule is Nc1ccc(C#CCC=O)cc1Cl. The van der Waals surface area contributed by atoms with Crippen molar-refractivity contribution in [1.29, 1.82) is 0 Å². The van der Waals surface area contributed by atoms with E-state index in [-0.39, 0.29) is 6.42 Å². The van der Waals surface area contributed by atoms with Gasteiger partial charge in [-0.25, -0.2) is 0 Å². The van der Waals surface area contributed by atoms with Gasteiger partial charge in [0.25, 0.3) is 0 Å². The van der Waals surface area contributed by atoms with Crippen LogP contribution in [0.25, 0.3) is 0 Å². The van der Waals surface area contributed by atoms with Crippen LogP contribution in [0.5, 0.6) is 0 Å². The summed E-state index contributed by atoms with van der Waals surface area (Å²) < 4.78 is 0. The summed E-state index contributed by atoms with van der Waals surface area (Å²) in [6.07, 6.45) is 0.994. The summed E-state index contributed by atoms with van der Waals surface area (Å²) in [5.74, 6) is 5.47. The Balaban J connectivity index is 2.87. The van der Waals surface area contributed by atoms with E-state index in [4.69, 9.17) is 17.3 Å². The molecule has 0 bridgehead atoms. The maximum Gasteiger partial charge on any atom is 0.131 e. The number of rotatable bonds is 1. The molecule has 1 rings (SSSR count). The van der Waals surface area contributed by atoms with Crippen molar-refractivity contribution >= 4 is 23.6 Å². The Bertz CT molecular complexity index is 376. The summed E-state index contributed by atoms with van der Waals surface area (Å²) in [6, 6.07) is 5.13. The van der Waals surface area contributed by atoms with Crippen molar-refractivity contribution in [3.05, 3.63) is 28.8 Å². The average molecular weight is 194 g/mol. The molecule has 0 unspecified atom stereocenters. The number of carbonyl (C=O) groups excluding carboxylic acids is 1. The van der Waals surface area contributed by atoms with E-state index in [0.717, 1.165) is 11.8 Å². The van der Waals surface area contributed by atoms with Crippen LogP contribution in [0.4, 0.5) is 5.69 Å². The number of nitrogen functional groups attached to an aromatic ring is 1. The van der Waals surface area contributed by atoms with Gasteiger partial charge in [-0.2, -0.15) is 0 Å². The molecule has 0 amide bonds. The fraction of sp³-hybridized carbons (Fsp3) is 0.100. The third-order valence-electron chi connectivity index (χ3n) is 1.42. The summed E-state index contributed by atoms with van der Waals surface area (Å²) >= 11 is 5.76. The minimum atomic E-state index is 0.238. The number of hydrogen-bond donors (Lipinski definition) is 1. The van der Waals surface area contributed by atoms with Gasteiger partial charge in [0.1, 0.15) is 6.29 Å². The highest BCUT2D eigenvalue weighted by Crippen LogP contribution is 2.18. The van der Waals surface area contributed by atoms with E-state index in [1.54, 1.807) is 18.2 Å². The summed E-state index contributed by atoms with van der Waals surface area (Å²) in [7, 11) is 0. The molecule has 0 radical (unpaired) electrons. The first-order chi connectivity index (χ1) is 6.24. The lowest BCUT2D eigenvalue weighted by atomic mass is 10.2. The predicted molar refractivity (Wildman–Crippen MR) is 53.4 cm³/mol. The van der Waals surface area contributed by atoms with Crippen molar-refractivity contribution in [2.75, 3.05) is 5.73 Å². The lowest BCUT2D eigenvalue weighted by Gasteiger charge is -1.96. The second kappa shape index (κ2) is 4.54. The molecule has 3 heteroatoms. The number of aldehydes is 1. The predicted octanol–water partition coefficient (Wildman–Crippen LogP) is 1.86. The Morgan fingerprint density at radius 2 is 2.31 bits per heavy atom. The monoisotopic (exact) mass is 193 g/mol. The highest BCUT2D eigenvalue weighted by molar-refractivity contribution is 6.33. The van der Waals surface area contributed by atoms with Crippen molar-refractivity contribution in [2.45, 2.75) is 6.42 Å². The number of benzene rings is 1. The maximum atomic E-state index is 9.97. The Kier molecular flexibility index (Phi) is 3.36. The molecule has 2 N–H and O–H groups in total. The molecular weight excluding hydrogens is 186 g/mol. The molecule has 0 spiro atoms. The maximum absolute atomic E-state index is 9.97. The van der Waals surface area contributed by atoms with Gasteiger partial charge in [-0.1, -0.05) is 23.4 Å². The topological polar surface area (TPSA) is 43.1 Å². The van der Waals surface area contributed by atoms with E-state index in [2.05, 4.69) is 11.8 Å². The third-order valence-corrected chi connectivity index (χ3v) is 1.75. The first-order valence-electron chi connectivity index (χ1n) is 3.71. The fourth-order valence-electron chi connectivity index (χ4n) is 0.800. The van der Waals surface area contributed by atoms with Crippen LogP contribution in [-0.2, 0) is 4.79 Å². The van der Waals surface area contributed by atoms with Gasteiger partial charge < -0.3 is 10.5 Å². The molecule has 0 fully saturated rings. The third kappa shape index (κ3) is 2.81. The lowest BCUT2D eigenvalue weighted by Crippen LogP contribution is -1.86. The number of hydrogen-bond acceptors (Lipinski definition) is 2. The molecular formula is C10H8ClNO. The van der Waals surface area contributed by atoms with Crippen LogP contribution in [0.2, 0.25) is 5.02 Å². The molecule has 0 atom stereocenters. The van der Waals surface area contributed by atoms with Gasteiger partial charge in [0.2, 0.25) is 0 Å². The van der Waals surface area contributed by atoms with Gasteiger partial charge in [0.15, 0.2) is 0 Å². The summed E-state index contributed by atoms with van der Waals surface area (Å²) in [5, 5.41) is 0.484. The molecule has 1 aromatic carbocycles. The minimum absolute atomic E-state index is 0.238. The highest BCUT2D eigenvalue weighted by Gasteiger charge is 1.94. The Hall–Kier alpha value is -1.46. The zero-order valence-electron chi connectivity index (χ0n) is 6.88. The minimum Gasteiger partial charge on any atom is -0.398 e. The Morgan fingerprint density at radius 3 is 2.92 bits per heavy atom. The van der Waals surface area contributed by atoms with E-state index in [1.807, 2.05) is 0 Å². The van der Waals surface area contributed by atoms with Gasteiger partial charge >= 0.3 is 0 Å². The molecule has 0 aliphatic rings. The molecule has 0 saturated heterocycles. The molecule has 66 valence electrons. The normalized spacial score (nSPS) is 8.69. The average Bonchev–Trinajstić information content (AvgIpc) is 2.12. The van der Waals surface area contributed by atoms with Gasteiger partial charge in [-0.05, 0) is 18.2 Å². The Morgan fingerprint density at radius 1 is 1.54 bits per heavy atom. The number of carbonyl (C=O) groups is 1. The van der Waals surface area contributed by atoms with Crippen molar-refractivity contribution in [3.8, 4) is 11.8 Å². The van der Waals surface area contributed by atoms with Crippen LogP contribution in [-0.4, -0.2) is 6.29 Å². The summed E-state index contributed by atoms with van der Waals surface area (Å²) in [5.41, 5.74) is 6.80. The molecule has 0 aromatic heterocycles. The van der Waals surface area contributed by atoms with E-state index in [0.29, 0.717) is 10.7 Å². The summed E-state index contributed by atoms with van der Waals surface area (Å²) in [6.45, 7) is 0. The second-order valence-electron chi connectivity index (χ2n) is 2.41.